The fourth-order valence-electron chi connectivity index (χ4n) is 6.08. The van der Waals surface area contributed by atoms with Crippen LogP contribution in [-0.2, 0) is 30.2 Å². The number of aliphatic hydroxyl groups is 8. The lowest BCUT2D eigenvalue weighted by molar-refractivity contribution is -0.393. The first-order chi connectivity index (χ1) is 24.4. The Balaban J connectivity index is 1.39. The maximum atomic E-state index is 13.6. The zero-order chi connectivity index (χ0) is 38.1. The molecule has 0 unspecified atom stereocenters. The van der Waals surface area contributed by atoms with Crippen molar-refractivity contribution in [2.24, 2.45) is 0 Å². The Morgan fingerprint density at radius 2 is 1.62 bits per heavy atom. The number of carboxylic acid groups (broad SMARTS) is 1. The topological polar surface area (TPSA) is 344 Å². The van der Waals surface area contributed by atoms with Gasteiger partial charge in [0.2, 0.25) is 24.0 Å². The van der Waals surface area contributed by atoms with Crippen molar-refractivity contribution in [3.05, 3.63) is 46.1 Å². The molecule has 3 aliphatic rings. The van der Waals surface area contributed by atoms with Gasteiger partial charge in [0.05, 0.1) is 6.42 Å². The second-order valence-electron chi connectivity index (χ2n) is 12.2. The summed E-state index contributed by atoms with van der Waals surface area (Å²) in [6.45, 7) is -0.395. The Morgan fingerprint density at radius 3 is 2.29 bits per heavy atom. The van der Waals surface area contributed by atoms with Crippen LogP contribution >= 0.6 is 0 Å². The molecule has 20 heteroatoms. The van der Waals surface area contributed by atoms with E-state index in [1.54, 1.807) is 0 Å². The minimum absolute atomic E-state index is 0.0731. The maximum absolute atomic E-state index is 13.6. The molecule has 52 heavy (non-hydrogen) atoms. The Morgan fingerprint density at radius 1 is 0.904 bits per heavy atom. The molecule has 0 radical (unpaired) electrons. The standard InChI is InChI=1S/C32H30O20/c33-5-2-11-6-12(7-16(36)20(11)37)17-10-15(35)19-14(34)8-13(9-18(19)49-17)48-26-22(39)21(38)24(41)30(51-26)3-1-4-31(28(43)44)32(46,47)25(42)23(40)27(52-31)50-29(30)45/h6-10,21-27,33-34,36-42,46-47H,2-3,5H2,(H,43,44)/t21-,22-,23-,24+,25-,26+,27+,30+,31-/m1/s1. The largest absolute Gasteiger partial charge is 0.507 e. The number of rotatable bonds is 6. The molecule has 2 aromatic carbocycles. The maximum Gasteiger partial charge on any atom is 0.354 e. The highest BCUT2D eigenvalue weighted by molar-refractivity contribution is 5.87. The van der Waals surface area contributed by atoms with Gasteiger partial charge in [-0.1, -0.05) is 5.92 Å². The molecule has 0 aliphatic carbocycles. The first-order valence-corrected chi connectivity index (χ1v) is 15.2. The van der Waals surface area contributed by atoms with Crippen LogP contribution in [0.4, 0.5) is 0 Å². The van der Waals surface area contributed by atoms with Crippen molar-refractivity contribution in [1.82, 2.24) is 0 Å². The molecule has 2 fully saturated rings. The van der Waals surface area contributed by atoms with Crippen LogP contribution in [0.5, 0.6) is 23.0 Å². The second kappa shape index (κ2) is 12.9. The number of aliphatic carboxylic acids is 1. The number of ether oxygens (including phenoxy) is 4. The monoisotopic (exact) mass is 734 g/mol. The zero-order valence-corrected chi connectivity index (χ0v) is 26.2. The third-order valence-electron chi connectivity index (χ3n) is 8.94. The van der Waals surface area contributed by atoms with E-state index < -0.39 is 113 Å². The molecule has 20 nitrogen and oxygen atoms in total. The smallest absolute Gasteiger partial charge is 0.354 e. The van der Waals surface area contributed by atoms with Crippen LogP contribution in [0, 0.1) is 11.8 Å². The van der Waals surface area contributed by atoms with E-state index in [0.717, 1.165) is 24.3 Å². The fourth-order valence-corrected chi connectivity index (χ4v) is 6.08. The number of hydrogen-bond donors (Lipinski definition) is 12. The number of phenols is 3. The SMILES string of the molecule is O=C1O[C@H]2O[C@@](C(=O)O)(C#CC[C@@]13O[C@H](Oc1cc(O)c4c(=O)cc(-c5cc(O)c(O)c(CCO)c5)oc4c1)[C@H](O)[C@@H](O)[C@@H]3O)C(O)(O)[C@H](O)[C@H]2O. The van der Waals surface area contributed by atoms with Crippen LogP contribution < -0.4 is 10.2 Å². The number of carbonyl (C=O) groups is 2. The molecule has 3 aromatic rings. The van der Waals surface area contributed by atoms with Gasteiger partial charge in [0.1, 0.15) is 58.7 Å². The van der Waals surface area contributed by atoms with E-state index in [-0.39, 0.29) is 34.3 Å². The van der Waals surface area contributed by atoms with E-state index in [1.807, 2.05) is 5.92 Å². The number of aliphatic hydroxyl groups excluding tert-OH is 6. The Kier molecular flexibility index (Phi) is 9.09. The highest BCUT2D eigenvalue weighted by Gasteiger charge is 2.70. The molecule has 1 spiro atoms. The van der Waals surface area contributed by atoms with Crippen LogP contribution in [0.25, 0.3) is 22.3 Å². The van der Waals surface area contributed by atoms with Gasteiger partial charge in [-0.05, 0) is 24.5 Å². The van der Waals surface area contributed by atoms with Crippen LogP contribution in [0.15, 0.2) is 39.5 Å². The van der Waals surface area contributed by atoms with Gasteiger partial charge in [-0.3, -0.25) is 4.79 Å². The Hall–Kier alpha value is -5.05. The number of aromatic hydroxyl groups is 3. The zero-order valence-electron chi connectivity index (χ0n) is 26.2. The van der Waals surface area contributed by atoms with Gasteiger partial charge in [-0.25, -0.2) is 9.59 Å². The Bertz CT molecular complexity index is 2060. The molecule has 6 rings (SSSR count). The number of carboxylic acids is 1. The molecule has 4 heterocycles. The van der Waals surface area contributed by atoms with Crippen LogP contribution in [0.1, 0.15) is 12.0 Å². The van der Waals surface area contributed by atoms with Crippen molar-refractivity contribution in [2.45, 2.75) is 72.9 Å². The highest BCUT2D eigenvalue weighted by Crippen LogP contribution is 2.42. The van der Waals surface area contributed by atoms with E-state index in [9.17, 15) is 75.7 Å². The fraction of sp³-hybridized carbons (Fsp3) is 0.406. The summed E-state index contributed by atoms with van der Waals surface area (Å²) in [6.07, 6.45) is -18.1. The number of benzene rings is 2. The molecule has 9 atom stereocenters. The summed E-state index contributed by atoms with van der Waals surface area (Å²) in [7, 11) is 0. The average Bonchev–Trinajstić information content (AvgIpc) is 3.13. The first kappa shape index (κ1) is 36.7. The molecular weight excluding hydrogens is 704 g/mol. The van der Waals surface area contributed by atoms with E-state index in [0.29, 0.717) is 0 Å². The third-order valence-corrected chi connectivity index (χ3v) is 8.94. The summed E-state index contributed by atoms with van der Waals surface area (Å²) >= 11 is 0. The van der Waals surface area contributed by atoms with Gasteiger partial charge in [0, 0.05) is 35.9 Å². The highest BCUT2D eigenvalue weighted by atomic mass is 16.8. The van der Waals surface area contributed by atoms with Gasteiger partial charge >= 0.3 is 11.9 Å². The van der Waals surface area contributed by atoms with Crippen LogP contribution in [-0.4, -0.2) is 140 Å². The molecule has 2 saturated heterocycles. The second-order valence-corrected chi connectivity index (χ2v) is 12.2. The summed E-state index contributed by atoms with van der Waals surface area (Å²) in [5, 5.41) is 124. The predicted molar refractivity (Wildman–Crippen MR) is 163 cm³/mol. The van der Waals surface area contributed by atoms with E-state index in [4.69, 9.17) is 23.4 Å². The van der Waals surface area contributed by atoms with E-state index in [2.05, 4.69) is 5.92 Å². The number of esters is 1. The predicted octanol–water partition coefficient (Wildman–Crippen LogP) is -3.80. The molecular formula is C32H30O20. The van der Waals surface area contributed by atoms with Crippen molar-refractivity contribution < 1.29 is 94.2 Å². The van der Waals surface area contributed by atoms with Crippen molar-refractivity contribution in [2.75, 3.05) is 6.61 Å². The van der Waals surface area contributed by atoms with Crippen molar-refractivity contribution >= 4 is 22.9 Å². The lowest BCUT2D eigenvalue weighted by Crippen LogP contribution is -2.75. The Labute approximate surface area is 289 Å². The number of carbonyl (C=O) groups excluding carboxylic acids is 1. The summed E-state index contributed by atoms with van der Waals surface area (Å²) in [6, 6.07) is 5.24. The minimum atomic E-state index is -3.80. The number of hydrogen-bond acceptors (Lipinski definition) is 19. The summed E-state index contributed by atoms with van der Waals surface area (Å²) < 4.78 is 27.0. The first-order valence-electron chi connectivity index (χ1n) is 15.2. The molecule has 0 saturated carbocycles. The van der Waals surface area contributed by atoms with Gasteiger partial charge < -0.3 is 84.6 Å². The van der Waals surface area contributed by atoms with Crippen molar-refractivity contribution in [3.8, 4) is 46.2 Å². The molecule has 3 aliphatic heterocycles. The molecule has 278 valence electrons. The number of phenolic OH excluding ortho intramolecular Hbond substituents is 3. The third kappa shape index (κ3) is 5.56. The van der Waals surface area contributed by atoms with Gasteiger partial charge in [0.25, 0.3) is 5.60 Å². The molecule has 12 N–H and O–H groups in total. The lowest BCUT2D eigenvalue weighted by Gasteiger charge is -2.48. The normalized spacial score (nSPS) is 32.5. The van der Waals surface area contributed by atoms with E-state index >= 15 is 0 Å². The average molecular weight is 735 g/mol. The van der Waals surface area contributed by atoms with Crippen LogP contribution in [0.3, 0.4) is 0 Å². The quantitative estimate of drug-likeness (QED) is 0.0500. The van der Waals surface area contributed by atoms with Gasteiger partial charge in [0.15, 0.2) is 16.9 Å². The van der Waals surface area contributed by atoms with Gasteiger partial charge in [-0.15, -0.1) is 0 Å². The van der Waals surface area contributed by atoms with Gasteiger partial charge in [-0.2, -0.15) is 0 Å². The number of fused-ring (bicyclic) bond motifs is 3. The van der Waals surface area contributed by atoms with Crippen LogP contribution in [0.2, 0.25) is 0 Å². The lowest BCUT2D eigenvalue weighted by atomic mass is 9.82. The van der Waals surface area contributed by atoms with E-state index in [1.165, 1.54) is 6.07 Å². The molecule has 2 bridgehead atoms. The molecule has 0 amide bonds. The summed E-state index contributed by atoms with van der Waals surface area (Å²) in [5.41, 5.74) is -7.30. The van der Waals surface area contributed by atoms with Crippen molar-refractivity contribution in [1.29, 1.82) is 0 Å². The summed E-state index contributed by atoms with van der Waals surface area (Å²) in [4.78, 5) is 38.8. The van der Waals surface area contributed by atoms with Crippen molar-refractivity contribution in [3.63, 3.8) is 0 Å². The molecule has 1 aromatic heterocycles. The summed E-state index contributed by atoms with van der Waals surface area (Å²) in [5.74, 6) is -6.26. The minimum Gasteiger partial charge on any atom is -0.507 e.